The monoisotopic (exact) mass is 414 g/mol. The first kappa shape index (κ1) is 21.0. The number of aliphatic hydroxyl groups excluding tert-OH is 1. The minimum absolute atomic E-state index is 0.0200. The molecule has 7 nitrogen and oxygen atoms in total. The predicted octanol–water partition coefficient (Wildman–Crippen LogP) is 2.73. The third kappa shape index (κ3) is 4.16. The smallest absolute Gasteiger partial charge is 0.295 e. The Kier molecular flexibility index (Phi) is 6.00. The Hall–Kier alpha value is -2.77. The Balaban J connectivity index is 2.19. The number of aromatic nitrogens is 2. The van der Waals surface area contributed by atoms with E-state index in [-0.39, 0.29) is 11.3 Å². The van der Waals surface area contributed by atoms with Crippen molar-refractivity contribution in [3.63, 3.8) is 0 Å². The molecule has 1 N–H and O–H groups in total. The molecule has 3 rings (SSSR count). The largest absolute Gasteiger partial charge is 0.507 e. The van der Waals surface area contributed by atoms with Gasteiger partial charge in [-0.05, 0) is 45.6 Å². The van der Waals surface area contributed by atoms with Gasteiger partial charge in [-0.3, -0.25) is 9.59 Å². The van der Waals surface area contributed by atoms with Crippen molar-refractivity contribution in [3.8, 4) is 0 Å². The van der Waals surface area contributed by atoms with Crippen LogP contribution in [-0.4, -0.2) is 63.7 Å². The van der Waals surface area contributed by atoms with Crippen molar-refractivity contribution in [1.82, 2.24) is 19.8 Å². The number of benzene rings is 1. The van der Waals surface area contributed by atoms with Crippen LogP contribution in [0.25, 0.3) is 5.76 Å². The van der Waals surface area contributed by atoms with Gasteiger partial charge in [0.25, 0.3) is 11.7 Å². The third-order valence-corrected chi connectivity index (χ3v) is 5.08. The Morgan fingerprint density at radius 2 is 2.00 bits per heavy atom. The molecule has 0 saturated carbocycles. The molecule has 1 saturated heterocycles. The van der Waals surface area contributed by atoms with Gasteiger partial charge in [0.2, 0.25) is 0 Å². The van der Waals surface area contributed by atoms with Crippen molar-refractivity contribution in [2.45, 2.75) is 19.9 Å². The van der Waals surface area contributed by atoms with Gasteiger partial charge in [-0.25, -0.2) is 9.97 Å². The summed E-state index contributed by atoms with van der Waals surface area (Å²) in [5.41, 5.74) is 1.53. The second-order valence-electron chi connectivity index (χ2n) is 7.27. The molecule has 152 valence electrons. The lowest BCUT2D eigenvalue weighted by molar-refractivity contribution is -0.140. The van der Waals surface area contributed by atoms with Gasteiger partial charge >= 0.3 is 0 Å². The topological polar surface area (TPSA) is 86.6 Å². The highest BCUT2D eigenvalue weighted by Crippen LogP contribution is 2.40. The Bertz CT molecular complexity index is 1000. The zero-order valence-corrected chi connectivity index (χ0v) is 17.6. The summed E-state index contributed by atoms with van der Waals surface area (Å²) in [6.07, 6.45) is 1.47. The van der Waals surface area contributed by atoms with Gasteiger partial charge in [0.1, 0.15) is 11.6 Å². The van der Waals surface area contributed by atoms with Gasteiger partial charge in [-0.1, -0.05) is 23.7 Å². The number of nitrogens with zero attached hydrogens (tertiary/aromatic N) is 4. The number of aliphatic hydroxyl groups is 1. The summed E-state index contributed by atoms with van der Waals surface area (Å²) in [5.74, 6) is -1.11. The van der Waals surface area contributed by atoms with Crippen LogP contribution in [0.5, 0.6) is 0 Å². The molecule has 1 amide bonds. The molecule has 0 bridgehead atoms. The molecular weight excluding hydrogens is 392 g/mol. The molecule has 2 aromatic rings. The zero-order chi connectivity index (χ0) is 21.3. The highest BCUT2D eigenvalue weighted by Gasteiger charge is 2.46. The first-order valence-electron chi connectivity index (χ1n) is 9.20. The molecule has 1 aliphatic rings. The summed E-state index contributed by atoms with van der Waals surface area (Å²) < 4.78 is 0. The number of hydrogen-bond donors (Lipinski definition) is 1. The lowest BCUT2D eigenvalue weighted by atomic mass is 9.95. The molecular formula is C21H23ClN4O3. The number of ketones is 1. The SMILES string of the molecule is Cc1ncc(C(O)=C2C(=O)C(=O)N(CCN(C)C)[C@@H]2c2cccc(Cl)c2)c(C)n1. The van der Waals surface area contributed by atoms with Crippen molar-refractivity contribution in [2.24, 2.45) is 0 Å². The quantitative estimate of drug-likeness (QED) is 0.460. The van der Waals surface area contributed by atoms with Gasteiger partial charge in [-0.15, -0.1) is 0 Å². The van der Waals surface area contributed by atoms with E-state index in [4.69, 9.17) is 11.6 Å². The van der Waals surface area contributed by atoms with E-state index in [9.17, 15) is 14.7 Å². The maximum Gasteiger partial charge on any atom is 0.295 e. The summed E-state index contributed by atoms with van der Waals surface area (Å²) in [4.78, 5) is 37.5. The van der Waals surface area contributed by atoms with E-state index in [2.05, 4.69) is 9.97 Å². The first-order chi connectivity index (χ1) is 13.7. The van der Waals surface area contributed by atoms with Crippen LogP contribution < -0.4 is 0 Å². The van der Waals surface area contributed by atoms with Crippen molar-refractivity contribution < 1.29 is 14.7 Å². The number of likely N-dealkylation sites (N-methyl/N-ethyl adjacent to an activating group) is 1. The van der Waals surface area contributed by atoms with Crippen molar-refractivity contribution in [1.29, 1.82) is 0 Å². The lowest BCUT2D eigenvalue weighted by Crippen LogP contribution is -2.35. The minimum atomic E-state index is -0.741. The molecule has 1 fully saturated rings. The zero-order valence-electron chi connectivity index (χ0n) is 16.8. The molecule has 2 heterocycles. The standard InChI is InChI=1S/C21H23ClN4O3/c1-12-16(11-23-13(2)24-12)19(27)17-18(14-6-5-7-15(22)10-14)26(9-8-25(3)4)21(29)20(17)28/h5-7,10-11,18,27H,8-9H2,1-4H3/t18-/m1/s1. The lowest BCUT2D eigenvalue weighted by Gasteiger charge is -2.26. The van der Waals surface area contributed by atoms with Crippen molar-refractivity contribution in [2.75, 3.05) is 27.2 Å². The molecule has 0 spiro atoms. The fourth-order valence-electron chi connectivity index (χ4n) is 3.40. The normalized spacial score (nSPS) is 18.7. The summed E-state index contributed by atoms with van der Waals surface area (Å²) >= 11 is 6.16. The number of Topliss-reactive ketones (excluding diaryl/α,β-unsaturated/α-hetero) is 1. The molecule has 29 heavy (non-hydrogen) atoms. The first-order valence-corrected chi connectivity index (χ1v) is 9.57. The predicted molar refractivity (Wildman–Crippen MR) is 111 cm³/mol. The minimum Gasteiger partial charge on any atom is -0.507 e. The number of halogens is 1. The molecule has 0 aliphatic carbocycles. The van der Waals surface area contributed by atoms with Gasteiger partial charge in [0, 0.05) is 24.3 Å². The van der Waals surface area contributed by atoms with Crippen LogP contribution in [0.15, 0.2) is 36.0 Å². The fourth-order valence-corrected chi connectivity index (χ4v) is 3.60. The van der Waals surface area contributed by atoms with Gasteiger partial charge in [-0.2, -0.15) is 0 Å². The van der Waals surface area contributed by atoms with E-state index in [1.54, 1.807) is 38.1 Å². The second kappa shape index (κ2) is 8.31. The highest BCUT2D eigenvalue weighted by molar-refractivity contribution is 6.46. The van der Waals surface area contributed by atoms with Crippen molar-refractivity contribution >= 4 is 29.1 Å². The molecule has 1 aliphatic heterocycles. The third-order valence-electron chi connectivity index (χ3n) is 4.85. The van der Waals surface area contributed by atoms with Crippen molar-refractivity contribution in [3.05, 3.63) is 63.7 Å². The number of amides is 1. The van der Waals surface area contributed by atoms with Crippen LogP contribution in [0, 0.1) is 13.8 Å². The Morgan fingerprint density at radius 3 is 2.62 bits per heavy atom. The second-order valence-corrected chi connectivity index (χ2v) is 7.70. The molecule has 0 radical (unpaired) electrons. The van der Waals surface area contributed by atoms with E-state index >= 15 is 0 Å². The maximum atomic E-state index is 12.9. The Labute approximate surface area is 174 Å². The Morgan fingerprint density at radius 1 is 1.28 bits per heavy atom. The van der Waals surface area contributed by atoms with Crippen LogP contribution in [0.2, 0.25) is 5.02 Å². The van der Waals surface area contributed by atoms with E-state index in [1.165, 1.54) is 11.1 Å². The van der Waals surface area contributed by atoms with Crippen LogP contribution in [-0.2, 0) is 9.59 Å². The molecule has 8 heteroatoms. The summed E-state index contributed by atoms with van der Waals surface area (Å²) in [6.45, 7) is 4.36. The van der Waals surface area contributed by atoms with Crippen LogP contribution in [0.4, 0.5) is 0 Å². The van der Waals surface area contributed by atoms with E-state index < -0.39 is 17.7 Å². The number of carbonyl (C=O) groups excluding carboxylic acids is 2. The fraction of sp³-hybridized carbons (Fsp3) is 0.333. The summed E-state index contributed by atoms with van der Waals surface area (Å²) in [7, 11) is 3.77. The van der Waals surface area contributed by atoms with Crippen LogP contribution >= 0.6 is 11.6 Å². The number of likely N-dealkylation sites (tertiary alicyclic amines) is 1. The number of aryl methyl sites for hydroxylation is 2. The molecule has 0 unspecified atom stereocenters. The number of carbonyl (C=O) groups is 2. The summed E-state index contributed by atoms with van der Waals surface area (Å²) in [6, 6.07) is 6.22. The van der Waals surface area contributed by atoms with E-state index in [0.717, 1.165) is 0 Å². The van der Waals surface area contributed by atoms with Crippen LogP contribution in [0.1, 0.15) is 28.7 Å². The van der Waals surface area contributed by atoms with E-state index in [1.807, 2.05) is 19.0 Å². The molecule has 1 atom stereocenters. The van der Waals surface area contributed by atoms with E-state index in [0.29, 0.717) is 40.8 Å². The average Bonchev–Trinajstić information content (AvgIpc) is 2.90. The maximum absolute atomic E-state index is 12.9. The number of hydrogen-bond acceptors (Lipinski definition) is 6. The van der Waals surface area contributed by atoms with Gasteiger partial charge < -0.3 is 14.9 Å². The van der Waals surface area contributed by atoms with Gasteiger partial charge in [0.15, 0.2) is 0 Å². The molecule has 1 aromatic heterocycles. The highest BCUT2D eigenvalue weighted by atomic mass is 35.5. The summed E-state index contributed by atoms with van der Waals surface area (Å²) in [5, 5.41) is 11.5. The molecule has 1 aromatic carbocycles. The van der Waals surface area contributed by atoms with Gasteiger partial charge in [0.05, 0.1) is 22.9 Å². The van der Waals surface area contributed by atoms with Crippen LogP contribution in [0.3, 0.4) is 0 Å². The number of rotatable bonds is 5. The average molecular weight is 415 g/mol.